The number of anilines is 1. The van der Waals surface area contributed by atoms with Crippen molar-refractivity contribution in [3.05, 3.63) is 46.5 Å². The predicted octanol–water partition coefficient (Wildman–Crippen LogP) is 2.26. The van der Waals surface area contributed by atoms with E-state index >= 15 is 0 Å². The van der Waals surface area contributed by atoms with Crippen LogP contribution in [0.15, 0.2) is 35.4 Å². The van der Waals surface area contributed by atoms with Crippen LogP contribution in [0.3, 0.4) is 0 Å². The summed E-state index contributed by atoms with van der Waals surface area (Å²) in [7, 11) is 0. The molecule has 5 nitrogen and oxygen atoms in total. The summed E-state index contributed by atoms with van der Waals surface area (Å²) in [6.45, 7) is 1.88. The largest absolute Gasteiger partial charge is 0.432 e. The molecule has 5 heteroatoms. The van der Waals surface area contributed by atoms with E-state index in [-0.39, 0.29) is 11.4 Å². The van der Waals surface area contributed by atoms with Gasteiger partial charge in [-0.15, -0.1) is 0 Å². The monoisotopic (exact) mass is 257 g/mol. The molecule has 2 aromatic rings. The maximum atomic E-state index is 12.2. The molecule has 3 rings (SSSR count). The van der Waals surface area contributed by atoms with Gasteiger partial charge in [-0.05, 0) is 31.4 Å². The van der Waals surface area contributed by atoms with Crippen LogP contribution in [0.5, 0.6) is 11.6 Å². The molecule has 1 heterocycles. The number of nitrogens with two attached hydrogens (primary N) is 1. The lowest BCUT2D eigenvalue weighted by atomic mass is 10.2. The molecule has 1 saturated carbocycles. The number of nitrogen functional groups attached to an aromatic ring is 1. The van der Waals surface area contributed by atoms with Crippen LogP contribution in [-0.2, 0) is 0 Å². The highest BCUT2D eigenvalue weighted by Crippen LogP contribution is 2.34. The van der Waals surface area contributed by atoms with Gasteiger partial charge in [0.1, 0.15) is 0 Å². The average Bonchev–Trinajstić information content (AvgIpc) is 3.20. The van der Waals surface area contributed by atoms with E-state index in [1.165, 1.54) is 0 Å². The van der Waals surface area contributed by atoms with Gasteiger partial charge in [-0.25, -0.2) is 4.98 Å². The van der Waals surface area contributed by atoms with Gasteiger partial charge in [0.05, 0.1) is 5.69 Å². The number of hydrogen-bond donors (Lipinski definition) is 1. The molecule has 1 aliphatic carbocycles. The van der Waals surface area contributed by atoms with E-state index in [0.717, 1.165) is 18.4 Å². The molecule has 1 aromatic heterocycles. The Kier molecular flexibility index (Phi) is 2.74. The zero-order valence-electron chi connectivity index (χ0n) is 10.7. The summed E-state index contributed by atoms with van der Waals surface area (Å²) >= 11 is 0. The van der Waals surface area contributed by atoms with E-state index in [2.05, 4.69) is 4.98 Å². The first kappa shape index (κ1) is 11.8. The highest BCUT2D eigenvalue weighted by molar-refractivity contribution is 5.57. The van der Waals surface area contributed by atoms with Crippen molar-refractivity contribution in [1.82, 2.24) is 9.55 Å². The van der Waals surface area contributed by atoms with Crippen LogP contribution in [0.2, 0.25) is 0 Å². The average molecular weight is 257 g/mol. The standard InChI is InChI=1S/C14H15N3O2/c1-9-3-2-4-11(15)12(9)19-13-14(18)17(8-7-16-13)10-5-6-10/h2-4,7-8,10H,5-6,15H2,1H3. The third kappa shape index (κ3) is 2.19. The smallest absolute Gasteiger partial charge is 0.313 e. The van der Waals surface area contributed by atoms with Crippen LogP contribution in [0.25, 0.3) is 0 Å². The Morgan fingerprint density at radius 1 is 1.42 bits per heavy atom. The lowest BCUT2D eigenvalue weighted by molar-refractivity contribution is 0.443. The molecule has 0 atom stereocenters. The first-order valence-electron chi connectivity index (χ1n) is 6.27. The molecule has 1 aliphatic rings. The first-order chi connectivity index (χ1) is 9.16. The second-order valence-corrected chi connectivity index (χ2v) is 4.77. The molecule has 0 radical (unpaired) electrons. The Labute approximate surface area is 110 Å². The van der Waals surface area contributed by atoms with Crippen molar-refractivity contribution in [2.24, 2.45) is 0 Å². The fourth-order valence-corrected chi connectivity index (χ4v) is 2.03. The molecule has 1 fully saturated rings. The SMILES string of the molecule is Cc1cccc(N)c1Oc1nccn(C2CC2)c1=O. The van der Waals surface area contributed by atoms with Crippen LogP contribution in [0.1, 0.15) is 24.4 Å². The number of hydrogen-bond acceptors (Lipinski definition) is 4. The molecule has 2 N–H and O–H groups in total. The Morgan fingerprint density at radius 3 is 2.89 bits per heavy atom. The number of ether oxygens (including phenoxy) is 1. The van der Waals surface area contributed by atoms with Gasteiger partial charge < -0.3 is 15.0 Å². The third-order valence-electron chi connectivity index (χ3n) is 3.22. The minimum atomic E-state index is -0.201. The van der Waals surface area contributed by atoms with Crippen molar-refractivity contribution >= 4 is 5.69 Å². The van der Waals surface area contributed by atoms with Gasteiger partial charge >= 0.3 is 5.56 Å². The normalized spacial score (nSPS) is 14.4. The predicted molar refractivity (Wildman–Crippen MR) is 72.4 cm³/mol. The van der Waals surface area contributed by atoms with Crippen LogP contribution in [0, 0.1) is 6.92 Å². The van der Waals surface area contributed by atoms with E-state index < -0.39 is 0 Å². The number of aromatic nitrogens is 2. The summed E-state index contributed by atoms with van der Waals surface area (Å²) in [5.41, 5.74) is 7.05. The minimum Gasteiger partial charge on any atom is -0.432 e. The molecule has 0 amide bonds. The molecule has 0 unspecified atom stereocenters. The number of benzene rings is 1. The van der Waals surface area contributed by atoms with Crippen molar-refractivity contribution in [3.63, 3.8) is 0 Å². The Hall–Kier alpha value is -2.30. The molecule has 0 aliphatic heterocycles. The fraction of sp³-hybridized carbons (Fsp3) is 0.286. The van der Waals surface area contributed by atoms with Crippen molar-refractivity contribution in [2.45, 2.75) is 25.8 Å². The lowest BCUT2D eigenvalue weighted by Gasteiger charge is -2.11. The highest BCUT2D eigenvalue weighted by Gasteiger charge is 2.25. The fourth-order valence-electron chi connectivity index (χ4n) is 2.03. The highest BCUT2D eigenvalue weighted by atomic mass is 16.5. The van der Waals surface area contributed by atoms with E-state index in [4.69, 9.17) is 10.5 Å². The van der Waals surface area contributed by atoms with Crippen molar-refractivity contribution < 1.29 is 4.74 Å². The van der Waals surface area contributed by atoms with Crippen LogP contribution < -0.4 is 16.0 Å². The molecular formula is C14H15N3O2. The number of nitrogens with zero attached hydrogens (tertiary/aromatic N) is 2. The van der Waals surface area contributed by atoms with Gasteiger partial charge in [-0.2, -0.15) is 0 Å². The molecule has 19 heavy (non-hydrogen) atoms. The Bertz CT molecular complexity index is 654. The summed E-state index contributed by atoms with van der Waals surface area (Å²) in [6.07, 6.45) is 5.36. The van der Waals surface area contributed by atoms with Crippen molar-refractivity contribution in [3.8, 4) is 11.6 Å². The topological polar surface area (TPSA) is 70.1 Å². The first-order valence-corrected chi connectivity index (χ1v) is 6.27. The second-order valence-electron chi connectivity index (χ2n) is 4.77. The van der Waals surface area contributed by atoms with E-state index in [9.17, 15) is 4.79 Å². The Morgan fingerprint density at radius 2 is 2.21 bits per heavy atom. The molecule has 0 bridgehead atoms. The van der Waals surface area contributed by atoms with Gasteiger partial charge in [-0.3, -0.25) is 4.79 Å². The van der Waals surface area contributed by atoms with Gasteiger partial charge in [0.2, 0.25) is 0 Å². The molecular weight excluding hydrogens is 242 g/mol. The van der Waals surface area contributed by atoms with Gasteiger partial charge in [-0.1, -0.05) is 12.1 Å². The van der Waals surface area contributed by atoms with E-state index in [0.29, 0.717) is 17.5 Å². The second kappa shape index (κ2) is 4.42. The zero-order chi connectivity index (χ0) is 13.4. The minimum absolute atomic E-state index is 0.0791. The summed E-state index contributed by atoms with van der Waals surface area (Å²) in [5, 5.41) is 0. The number of aryl methyl sites for hydroxylation is 1. The van der Waals surface area contributed by atoms with Crippen LogP contribution in [-0.4, -0.2) is 9.55 Å². The van der Waals surface area contributed by atoms with Crippen molar-refractivity contribution in [1.29, 1.82) is 0 Å². The molecule has 98 valence electrons. The summed E-state index contributed by atoms with van der Waals surface area (Å²) in [5.74, 6) is 0.580. The van der Waals surface area contributed by atoms with Gasteiger partial charge in [0.15, 0.2) is 5.75 Å². The van der Waals surface area contributed by atoms with E-state index in [1.807, 2.05) is 19.1 Å². The number of rotatable bonds is 3. The third-order valence-corrected chi connectivity index (χ3v) is 3.22. The lowest BCUT2D eigenvalue weighted by Crippen LogP contribution is -2.20. The Balaban J connectivity index is 2.00. The zero-order valence-corrected chi connectivity index (χ0v) is 10.7. The maximum Gasteiger partial charge on any atom is 0.313 e. The van der Waals surface area contributed by atoms with E-state index in [1.54, 1.807) is 23.0 Å². The van der Waals surface area contributed by atoms with Crippen LogP contribution >= 0.6 is 0 Å². The summed E-state index contributed by atoms with van der Waals surface area (Å²) < 4.78 is 7.30. The number of para-hydroxylation sites is 1. The van der Waals surface area contributed by atoms with Crippen LogP contribution in [0.4, 0.5) is 5.69 Å². The van der Waals surface area contributed by atoms with Gasteiger partial charge in [0, 0.05) is 18.4 Å². The summed E-state index contributed by atoms with van der Waals surface area (Å²) in [6, 6.07) is 5.77. The molecule has 0 spiro atoms. The summed E-state index contributed by atoms with van der Waals surface area (Å²) in [4.78, 5) is 16.2. The quantitative estimate of drug-likeness (QED) is 0.856. The molecule has 1 aromatic carbocycles. The van der Waals surface area contributed by atoms with Crippen molar-refractivity contribution in [2.75, 3.05) is 5.73 Å². The van der Waals surface area contributed by atoms with Gasteiger partial charge in [0.25, 0.3) is 5.88 Å². The molecule has 0 saturated heterocycles. The maximum absolute atomic E-state index is 12.2.